The van der Waals surface area contributed by atoms with E-state index in [0.717, 1.165) is 12.0 Å². The predicted molar refractivity (Wildman–Crippen MR) is 101 cm³/mol. The van der Waals surface area contributed by atoms with Crippen LogP contribution in [0.25, 0.3) is 6.08 Å². The second-order valence-electron chi connectivity index (χ2n) is 5.54. The third-order valence-corrected chi connectivity index (χ3v) is 3.64. The molecule has 0 atom stereocenters. The first-order valence-corrected chi connectivity index (χ1v) is 8.58. The van der Waals surface area contributed by atoms with E-state index >= 15 is 0 Å². The monoisotopic (exact) mass is 356 g/mol. The maximum Gasteiger partial charge on any atom is 0.185 e. The van der Waals surface area contributed by atoms with Crippen molar-refractivity contribution in [2.45, 2.75) is 20.3 Å². The predicted octanol–water partition coefficient (Wildman–Crippen LogP) is 4.48. The third kappa shape index (κ3) is 4.79. The van der Waals surface area contributed by atoms with Crippen LogP contribution in [0.4, 0.5) is 0 Å². The summed E-state index contributed by atoms with van der Waals surface area (Å²) in [5.74, 6) is 1.33. The lowest BCUT2D eigenvalue weighted by atomic mass is 10.1. The van der Waals surface area contributed by atoms with Gasteiger partial charge >= 0.3 is 0 Å². The fourth-order valence-corrected chi connectivity index (χ4v) is 2.38. The Hall–Kier alpha value is -2.95. The van der Waals surface area contributed by atoms with Gasteiger partial charge in [-0.25, -0.2) is 0 Å². The van der Waals surface area contributed by atoms with E-state index in [1.807, 2.05) is 32.0 Å². The molecule has 0 spiro atoms. The van der Waals surface area contributed by atoms with Crippen molar-refractivity contribution in [2.24, 2.45) is 0 Å². The molecule has 0 radical (unpaired) electrons. The Morgan fingerprint density at radius 3 is 2.62 bits per heavy atom. The molecule has 0 amide bonds. The Labute approximate surface area is 153 Å². The van der Waals surface area contributed by atoms with Gasteiger partial charge in [0.25, 0.3) is 0 Å². The standard InChI is InChI=1S/C21H24O5/c1-4-13-26-21-15(7-6-8-19(21)25-5-2)9-11-17(22)16-10-12-18(23)20(14-16)24-3/h6-12,14,23H,4-5,13H2,1-3H3/b11-9+. The molecular weight excluding hydrogens is 332 g/mol. The molecule has 0 aliphatic rings. The van der Waals surface area contributed by atoms with Crippen LogP contribution in [0.5, 0.6) is 23.0 Å². The number of phenolic OH excluding ortho intramolecular Hbond substituents is 1. The molecule has 2 rings (SSSR count). The van der Waals surface area contributed by atoms with Crippen LogP contribution in [0.3, 0.4) is 0 Å². The molecule has 0 unspecified atom stereocenters. The zero-order chi connectivity index (χ0) is 18.9. The Kier molecular flexibility index (Phi) is 7.09. The van der Waals surface area contributed by atoms with Crippen LogP contribution in [0.1, 0.15) is 36.2 Å². The minimum Gasteiger partial charge on any atom is -0.504 e. The van der Waals surface area contributed by atoms with Crippen LogP contribution in [0.2, 0.25) is 0 Å². The SMILES string of the molecule is CCCOc1c(/C=C/C(=O)c2ccc(O)c(OC)c2)cccc1OCC. The average molecular weight is 356 g/mol. The smallest absolute Gasteiger partial charge is 0.185 e. The summed E-state index contributed by atoms with van der Waals surface area (Å²) in [4.78, 5) is 12.4. The first-order valence-electron chi connectivity index (χ1n) is 8.58. The second-order valence-corrected chi connectivity index (χ2v) is 5.54. The number of hydrogen-bond donors (Lipinski definition) is 1. The van der Waals surface area contributed by atoms with E-state index < -0.39 is 0 Å². The number of ketones is 1. The van der Waals surface area contributed by atoms with Gasteiger partial charge in [-0.1, -0.05) is 19.1 Å². The number of carbonyl (C=O) groups excluding carboxylic acids is 1. The first kappa shape index (κ1) is 19.4. The van der Waals surface area contributed by atoms with Crippen LogP contribution in [0.15, 0.2) is 42.5 Å². The van der Waals surface area contributed by atoms with Crippen LogP contribution < -0.4 is 14.2 Å². The Balaban J connectivity index is 2.28. The molecule has 0 aliphatic carbocycles. The summed E-state index contributed by atoms with van der Waals surface area (Å²) in [5.41, 5.74) is 1.19. The molecule has 0 fully saturated rings. The summed E-state index contributed by atoms with van der Waals surface area (Å²) in [6.45, 7) is 5.03. The summed E-state index contributed by atoms with van der Waals surface area (Å²) in [7, 11) is 1.44. The number of ether oxygens (including phenoxy) is 3. The molecule has 26 heavy (non-hydrogen) atoms. The van der Waals surface area contributed by atoms with Gasteiger partial charge in [0.2, 0.25) is 0 Å². The van der Waals surface area contributed by atoms with Crippen molar-refractivity contribution in [1.29, 1.82) is 0 Å². The molecule has 138 valence electrons. The van der Waals surface area contributed by atoms with Crippen molar-refractivity contribution in [3.8, 4) is 23.0 Å². The number of aromatic hydroxyl groups is 1. The van der Waals surface area contributed by atoms with Gasteiger partial charge in [0.1, 0.15) is 0 Å². The molecule has 0 aliphatic heterocycles. The van der Waals surface area contributed by atoms with Crippen molar-refractivity contribution in [2.75, 3.05) is 20.3 Å². The normalized spacial score (nSPS) is 10.7. The molecule has 2 aromatic carbocycles. The summed E-state index contributed by atoms with van der Waals surface area (Å²) < 4.78 is 16.5. The van der Waals surface area contributed by atoms with Crippen molar-refractivity contribution < 1.29 is 24.1 Å². The van der Waals surface area contributed by atoms with Gasteiger partial charge in [0.05, 0.1) is 20.3 Å². The molecule has 0 bridgehead atoms. The number of para-hydroxylation sites is 1. The van der Waals surface area contributed by atoms with E-state index in [0.29, 0.717) is 30.3 Å². The van der Waals surface area contributed by atoms with Gasteiger partial charge in [0, 0.05) is 11.1 Å². The van der Waals surface area contributed by atoms with Gasteiger partial charge in [-0.3, -0.25) is 4.79 Å². The highest BCUT2D eigenvalue weighted by molar-refractivity contribution is 6.07. The molecule has 5 nitrogen and oxygen atoms in total. The Morgan fingerprint density at radius 2 is 1.92 bits per heavy atom. The molecule has 0 aromatic heterocycles. The fraction of sp³-hybridized carbons (Fsp3) is 0.286. The molecule has 0 saturated heterocycles. The van der Waals surface area contributed by atoms with E-state index in [1.54, 1.807) is 12.1 Å². The maximum absolute atomic E-state index is 12.4. The van der Waals surface area contributed by atoms with Gasteiger partial charge in [0.15, 0.2) is 28.8 Å². The van der Waals surface area contributed by atoms with Gasteiger partial charge in [-0.05, 0) is 49.8 Å². The minimum atomic E-state index is -0.202. The van der Waals surface area contributed by atoms with E-state index in [1.165, 1.54) is 25.3 Å². The van der Waals surface area contributed by atoms with E-state index in [-0.39, 0.29) is 17.3 Å². The van der Waals surface area contributed by atoms with E-state index in [9.17, 15) is 9.90 Å². The van der Waals surface area contributed by atoms with Crippen LogP contribution in [-0.4, -0.2) is 31.2 Å². The third-order valence-electron chi connectivity index (χ3n) is 3.64. The maximum atomic E-state index is 12.4. The highest BCUT2D eigenvalue weighted by atomic mass is 16.5. The average Bonchev–Trinajstić information content (AvgIpc) is 2.65. The van der Waals surface area contributed by atoms with E-state index in [2.05, 4.69) is 0 Å². The highest BCUT2D eigenvalue weighted by Gasteiger charge is 2.11. The quantitative estimate of drug-likeness (QED) is 0.530. The van der Waals surface area contributed by atoms with Crippen LogP contribution in [-0.2, 0) is 0 Å². The Bertz CT molecular complexity index is 780. The first-order chi connectivity index (χ1) is 12.6. The lowest BCUT2D eigenvalue weighted by Gasteiger charge is -2.13. The number of methoxy groups -OCH3 is 1. The molecule has 0 saturated carbocycles. The summed E-state index contributed by atoms with van der Waals surface area (Å²) in [6, 6.07) is 10.1. The van der Waals surface area contributed by atoms with Crippen molar-refractivity contribution in [3.05, 3.63) is 53.6 Å². The fourth-order valence-electron chi connectivity index (χ4n) is 2.38. The zero-order valence-corrected chi connectivity index (χ0v) is 15.3. The van der Waals surface area contributed by atoms with Crippen LogP contribution >= 0.6 is 0 Å². The van der Waals surface area contributed by atoms with Crippen LogP contribution in [0, 0.1) is 0 Å². The highest BCUT2D eigenvalue weighted by Crippen LogP contribution is 2.33. The largest absolute Gasteiger partial charge is 0.504 e. The molecule has 1 N–H and O–H groups in total. The lowest BCUT2D eigenvalue weighted by Crippen LogP contribution is -2.02. The van der Waals surface area contributed by atoms with Crippen molar-refractivity contribution in [1.82, 2.24) is 0 Å². The van der Waals surface area contributed by atoms with Gasteiger partial charge < -0.3 is 19.3 Å². The molecule has 5 heteroatoms. The number of carbonyl (C=O) groups is 1. The number of hydrogen-bond acceptors (Lipinski definition) is 5. The van der Waals surface area contributed by atoms with Gasteiger partial charge in [-0.15, -0.1) is 0 Å². The van der Waals surface area contributed by atoms with Gasteiger partial charge in [-0.2, -0.15) is 0 Å². The number of benzene rings is 2. The molecular formula is C21H24O5. The lowest BCUT2D eigenvalue weighted by molar-refractivity contribution is 0.104. The van der Waals surface area contributed by atoms with Crippen molar-refractivity contribution in [3.63, 3.8) is 0 Å². The Morgan fingerprint density at radius 1 is 1.12 bits per heavy atom. The minimum absolute atomic E-state index is 0.00676. The number of phenols is 1. The zero-order valence-electron chi connectivity index (χ0n) is 15.3. The summed E-state index contributed by atoms with van der Waals surface area (Å²) in [6.07, 6.45) is 4.04. The summed E-state index contributed by atoms with van der Waals surface area (Å²) >= 11 is 0. The molecule has 0 heterocycles. The topological polar surface area (TPSA) is 65.0 Å². The second kappa shape index (κ2) is 9.51. The van der Waals surface area contributed by atoms with Crippen molar-refractivity contribution >= 4 is 11.9 Å². The molecule has 2 aromatic rings. The number of allylic oxidation sites excluding steroid dienone is 1. The van der Waals surface area contributed by atoms with E-state index in [4.69, 9.17) is 14.2 Å². The summed E-state index contributed by atoms with van der Waals surface area (Å²) in [5, 5.41) is 9.64. The number of rotatable bonds is 9.